The quantitative estimate of drug-likeness (QED) is 0.0642. The molecule has 0 spiro atoms. The second-order valence-corrected chi connectivity index (χ2v) is 37.7. The van der Waals surface area contributed by atoms with Crippen molar-refractivity contribution < 1.29 is 111 Å². The molecular weight excluding hydrogens is 1870 g/mol. The Hall–Kier alpha value is -7.36. The van der Waals surface area contributed by atoms with Crippen LogP contribution < -0.4 is 0 Å². The molecular formula is C94H75Cl10N5O5Ti5. The van der Waals surface area contributed by atoms with Crippen molar-refractivity contribution >= 4 is 206 Å². The molecule has 0 aliphatic rings. The number of aromatic hydroxyl groups is 5. The summed E-state index contributed by atoms with van der Waals surface area (Å²) < 4.78 is 0. The molecule has 16 aromatic rings. The molecule has 0 aliphatic heterocycles. The van der Waals surface area contributed by atoms with Gasteiger partial charge in [0.2, 0.25) is 0 Å². The molecule has 0 amide bonds. The van der Waals surface area contributed by atoms with Crippen molar-refractivity contribution in [3.05, 3.63) is 384 Å². The number of hydrogen-bond donors (Lipinski definition) is 5. The first-order chi connectivity index (χ1) is 58.0. The molecule has 596 valence electrons. The number of aliphatic imine (C=N–C) groups is 5. The van der Waals surface area contributed by atoms with Gasteiger partial charge in [-0.1, -0.05) is 273 Å². The van der Waals surface area contributed by atoms with Gasteiger partial charge in [-0.2, -0.15) is 0 Å². The van der Waals surface area contributed by atoms with Gasteiger partial charge in [0.15, 0.2) is 0 Å². The van der Waals surface area contributed by atoms with E-state index in [4.69, 9.17) is 93.0 Å². The van der Waals surface area contributed by atoms with Gasteiger partial charge in [0, 0.05) is 86.0 Å². The SMILES string of the molecule is Cc1cccc(C=Nc2cccc3ccccc23)c1O.Cc1cccc(C=Nc2cccc3ccccc23)c1O.Cc1ccccc1N=Cc1ccccc1O.Oc1c(C=Nc2cccc3ccccc23)cccc1-c1ccccc1.Oc1ccc2ccccc2c1C=Nc1cccc2ccccc12.[Cl][Ti][Cl].[Cl][Ti][Cl].[Cl][Ti][Cl].[Cl][Ti][Cl].[Cl][Ti][Cl]. The third-order valence-electron chi connectivity index (χ3n) is 17.5. The van der Waals surface area contributed by atoms with E-state index in [-0.39, 0.29) is 28.7 Å². The minimum atomic E-state index is -0.556. The fourth-order valence-corrected chi connectivity index (χ4v) is 11.8. The first-order valence-electron chi connectivity index (χ1n) is 35.9. The summed E-state index contributed by atoms with van der Waals surface area (Å²) in [5.41, 5.74) is 12.8. The van der Waals surface area contributed by atoms with Gasteiger partial charge < -0.3 is 25.5 Å². The second-order valence-electron chi connectivity index (χ2n) is 24.8. The Bertz CT molecular complexity index is 5790. The van der Waals surface area contributed by atoms with Crippen molar-refractivity contribution in [1.82, 2.24) is 0 Å². The zero-order valence-corrected chi connectivity index (χ0v) is 79.3. The molecule has 16 aromatic carbocycles. The Labute approximate surface area is 777 Å². The zero-order chi connectivity index (χ0) is 85.5. The third kappa shape index (κ3) is 32.1. The van der Waals surface area contributed by atoms with Gasteiger partial charge in [-0.25, -0.2) is 0 Å². The number of nitrogens with zero attached hydrogens (tertiary/aromatic N) is 5. The number of phenolic OH excluding ortho intramolecular Hbond substituents is 5. The van der Waals surface area contributed by atoms with E-state index in [1.165, 1.54) is 0 Å². The summed E-state index contributed by atoms with van der Waals surface area (Å²) in [5.74, 6) is 1.32. The summed E-state index contributed by atoms with van der Waals surface area (Å²) in [6.07, 6.45) is 8.58. The van der Waals surface area contributed by atoms with Crippen LogP contribution in [0.4, 0.5) is 28.4 Å². The fraction of sp³-hybridized carbons (Fsp3) is 0.0319. The van der Waals surface area contributed by atoms with Crippen molar-refractivity contribution in [3.8, 4) is 39.9 Å². The second kappa shape index (κ2) is 56.3. The summed E-state index contributed by atoms with van der Waals surface area (Å²) in [4.78, 5) is 22.6. The first kappa shape index (κ1) is 98.8. The van der Waals surface area contributed by atoms with E-state index in [2.05, 4.69) is 97.8 Å². The van der Waals surface area contributed by atoms with E-state index in [9.17, 15) is 25.5 Å². The molecule has 0 saturated carbocycles. The summed E-state index contributed by atoms with van der Waals surface area (Å²) in [7, 11) is 48.9. The molecule has 0 radical (unpaired) electrons. The summed E-state index contributed by atoms with van der Waals surface area (Å²) in [6, 6.07) is 110. The molecule has 10 nitrogen and oxygen atoms in total. The van der Waals surface area contributed by atoms with Crippen LogP contribution >= 0.6 is 93.0 Å². The van der Waals surface area contributed by atoms with E-state index >= 15 is 0 Å². The van der Waals surface area contributed by atoms with Gasteiger partial charge in [-0.05, 0) is 142 Å². The predicted octanol–water partition coefficient (Wildman–Crippen LogP) is 31.0. The molecule has 0 heterocycles. The number of rotatable bonds is 11. The maximum atomic E-state index is 10.6. The Morgan fingerprint density at radius 3 is 0.891 bits per heavy atom. The molecule has 119 heavy (non-hydrogen) atoms. The van der Waals surface area contributed by atoms with Crippen molar-refractivity contribution in [3.63, 3.8) is 0 Å². The average Bonchev–Trinajstić information content (AvgIpc) is 0.813. The molecule has 25 heteroatoms. The summed E-state index contributed by atoms with van der Waals surface area (Å²) in [6.45, 7) is 5.77. The molecule has 0 fully saturated rings. The fourth-order valence-electron chi connectivity index (χ4n) is 11.8. The van der Waals surface area contributed by atoms with Gasteiger partial charge in [0.1, 0.15) is 28.7 Å². The van der Waals surface area contributed by atoms with Crippen molar-refractivity contribution in [1.29, 1.82) is 0 Å². The third-order valence-corrected chi connectivity index (χ3v) is 17.5. The number of fused-ring (bicyclic) bond motifs is 5. The van der Waals surface area contributed by atoms with Crippen LogP contribution in [0, 0.1) is 20.8 Å². The van der Waals surface area contributed by atoms with E-state index in [0.29, 0.717) is 5.56 Å². The Morgan fingerprint density at radius 2 is 0.487 bits per heavy atom. The Kier molecular flexibility index (Phi) is 46.8. The normalized spacial score (nSPS) is 10.4. The van der Waals surface area contributed by atoms with Gasteiger partial charge in [-0.15, -0.1) is 0 Å². The maximum absolute atomic E-state index is 10.6. The van der Waals surface area contributed by atoms with Gasteiger partial charge in [0.05, 0.1) is 28.4 Å². The van der Waals surface area contributed by atoms with E-state index in [1.807, 2.05) is 269 Å². The van der Waals surface area contributed by atoms with Crippen LogP contribution in [0.1, 0.15) is 44.5 Å². The van der Waals surface area contributed by atoms with E-state index in [1.54, 1.807) is 49.3 Å². The number of phenols is 5. The standard InChI is InChI=1S/C23H17NO.C21H15NO.2C18H15NO.C14H13NO.10ClH.5Ti/c25-23-19(12-6-14-21(23)18-8-2-1-3-9-18)16-24-22-15-7-11-17-10-4-5-13-20(17)22;23-21-13-12-16-7-1-3-9-17(16)19(21)14-22-20-11-5-8-15-6-2-4-10-18(15)20;2*1-13-6-4-9-15(18(13)20)12-19-17-11-5-8-14-7-2-3-10-16(14)17;1-11-6-2-4-8-13(11)15-10-12-7-3-5-9-14(12)16;;;;;;;;;;;;;;;/h1-16,25H;1-14,23H;2*2-12,20H,1H3;2-10,16H,1H3;10*1H;;;;;/q;;;;;;;;;;;;;;;5*+2/p-10. The van der Waals surface area contributed by atoms with E-state index < -0.39 is 85.2 Å². The molecule has 0 unspecified atom stereocenters. The minimum absolute atomic E-state index is 0.243. The van der Waals surface area contributed by atoms with Crippen molar-refractivity contribution in [2.75, 3.05) is 0 Å². The summed E-state index contributed by atoms with van der Waals surface area (Å²) >= 11 is -2.78. The van der Waals surface area contributed by atoms with Crippen LogP contribution in [0.2, 0.25) is 0 Å². The number of hydrogen-bond acceptors (Lipinski definition) is 10. The molecule has 0 saturated heterocycles. The van der Waals surface area contributed by atoms with Crippen LogP contribution in [0.25, 0.3) is 65.0 Å². The molecule has 0 atom stereocenters. The molecule has 0 aliphatic carbocycles. The number of halogens is 10. The van der Waals surface area contributed by atoms with Crippen molar-refractivity contribution in [2.24, 2.45) is 25.0 Å². The van der Waals surface area contributed by atoms with E-state index in [0.717, 1.165) is 132 Å². The van der Waals surface area contributed by atoms with Gasteiger partial charge in [-0.3, -0.25) is 25.0 Å². The molecule has 5 N–H and O–H groups in total. The number of aryl methyl sites for hydroxylation is 3. The Morgan fingerprint density at radius 1 is 0.218 bits per heavy atom. The van der Waals surface area contributed by atoms with Gasteiger partial charge in [0.25, 0.3) is 0 Å². The van der Waals surface area contributed by atoms with Crippen LogP contribution in [0.5, 0.6) is 28.7 Å². The van der Waals surface area contributed by atoms with Crippen LogP contribution in [-0.2, 0) is 85.2 Å². The van der Waals surface area contributed by atoms with Crippen LogP contribution in [0.3, 0.4) is 0 Å². The van der Waals surface area contributed by atoms with Gasteiger partial charge >= 0.3 is 178 Å². The van der Waals surface area contributed by atoms with Crippen LogP contribution in [0.15, 0.2) is 365 Å². The topological polar surface area (TPSA) is 163 Å². The molecule has 0 bridgehead atoms. The first-order valence-corrected chi connectivity index (χ1v) is 57.4. The number of para-hydroxylation sites is 5. The Balaban J connectivity index is 0.000000198. The van der Waals surface area contributed by atoms with Crippen molar-refractivity contribution in [2.45, 2.75) is 20.8 Å². The average molecular weight is 1950 g/mol. The zero-order valence-electron chi connectivity index (χ0n) is 64.0. The summed E-state index contributed by atoms with van der Waals surface area (Å²) in [5, 5.41) is 61.6. The predicted molar refractivity (Wildman–Crippen MR) is 495 cm³/mol. The monoisotopic (exact) mass is 1940 g/mol. The number of benzene rings is 16. The van der Waals surface area contributed by atoms with Crippen LogP contribution in [-0.4, -0.2) is 56.6 Å². The molecule has 16 rings (SSSR count). The molecule has 0 aromatic heterocycles.